The first-order chi connectivity index (χ1) is 9.15. The van der Waals surface area contributed by atoms with Crippen LogP contribution in [-0.2, 0) is 4.79 Å². The standard InChI is InChI=1S/C15H21ClN2O/c16-12-7-8-14(13(17)10-12)18-15(19)9-6-11-4-2-1-3-5-11/h7-8,10-11H,1-6,9,17H2,(H,18,19). The van der Waals surface area contributed by atoms with E-state index in [0.717, 1.165) is 12.3 Å². The van der Waals surface area contributed by atoms with Gasteiger partial charge in [-0.05, 0) is 30.5 Å². The number of nitrogen functional groups attached to an aromatic ring is 1. The highest BCUT2D eigenvalue weighted by Gasteiger charge is 2.15. The molecule has 2 rings (SSSR count). The van der Waals surface area contributed by atoms with E-state index in [0.29, 0.717) is 22.8 Å². The number of halogens is 1. The highest BCUT2D eigenvalue weighted by atomic mass is 35.5. The molecule has 1 amide bonds. The van der Waals surface area contributed by atoms with Gasteiger partial charge in [0.25, 0.3) is 0 Å². The lowest BCUT2D eigenvalue weighted by atomic mass is 9.86. The van der Waals surface area contributed by atoms with Gasteiger partial charge in [0.05, 0.1) is 11.4 Å². The minimum atomic E-state index is 0.0413. The number of hydrogen-bond donors (Lipinski definition) is 2. The largest absolute Gasteiger partial charge is 0.397 e. The minimum Gasteiger partial charge on any atom is -0.397 e. The molecule has 0 heterocycles. The van der Waals surface area contributed by atoms with E-state index >= 15 is 0 Å². The second-order valence-electron chi connectivity index (χ2n) is 5.32. The number of anilines is 2. The third-order valence-electron chi connectivity index (χ3n) is 3.79. The maximum absolute atomic E-state index is 11.9. The minimum absolute atomic E-state index is 0.0413. The Morgan fingerprint density at radius 2 is 2.05 bits per heavy atom. The molecule has 0 atom stereocenters. The molecule has 0 unspecified atom stereocenters. The van der Waals surface area contributed by atoms with Crippen molar-refractivity contribution < 1.29 is 4.79 Å². The molecule has 0 aliphatic heterocycles. The van der Waals surface area contributed by atoms with E-state index in [2.05, 4.69) is 5.32 Å². The molecule has 4 heteroatoms. The summed E-state index contributed by atoms with van der Waals surface area (Å²) in [4.78, 5) is 11.9. The Bertz CT molecular complexity index is 442. The summed E-state index contributed by atoms with van der Waals surface area (Å²) in [7, 11) is 0. The number of amides is 1. The van der Waals surface area contributed by atoms with Crippen LogP contribution < -0.4 is 11.1 Å². The Hall–Kier alpha value is -1.22. The second-order valence-corrected chi connectivity index (χ2v) is 5.76. The third kappa shape index (κ3) is 4.43. The molecule has 1 fully saturated rings. The summed E-state index contributed by atoms with van der Waals surface area (Å²) in [5.74, 6) is 0.765. The molecule has 3 N–H and O–H groups in total. The number of hydrogen-bond acceptors (Lipinski definition) is 2. The molecule has 0 spiro atoms. The van der Waals surface area contributed by atoms with Crippen LogP contribution >= 0.6 is 11.6 Å². The van der Waals surface area contributed by atoms with Crippen LogP contribution in [0.15, 0.2) is 18.2 Å². The van der Waals surface area contributed by atoms with Gasteiger partial charge in [-0.1, -0.05) is 43.7 Å². The van der Waals surface area contributed by atoms with Crippen molar-refractivity contribution in [3.63, 3.8) is 0 Å². The fourth-order valence-corrected chi connectivity index (χ4v) is 2.85. The number of benzene rings is 1. The maximum Gasteiger partial charge on any atom is 0.224 e. The van der Waals surface area contributed by atoms with E-state index in [1.807, 2.05) is 0 Å². The van der Waals surface area contributed by atoms with E-state index in [1.54, 1.807) is 18.2 Å². The molecule has 104 valence electrons. The number of nitrogens with two attached hydrogens (primary N) is 1. The quantitative estimate of drug-likeness (QED) is 0.811. The normalized spacial score (nSPS) is 16.3. The highest BCUT2D eigenvalue weighted by molar-refractivity contribution is 6.31. The summed E-state index contributed by atoms with van der Waals surface area (Å²) < 4.78 is 0. The zero-order valence-corrected chi connectivity index (χ0v) is 11.9. The number of carbonyl (C=O) groups is 1. The Kier molecular flexibility index (Phi) is 5.08. The summed E-state index contributed by atoms with van der Waals surface area (Å²) in [6.45, 7) is 0. The van der Waals surface area contributed by atoms with E-state index in [-0.39, 0.29) is 5.91 Å². The molecular formula is C15H21ClN2O. The Morgan fingerprint density at radius 1 is 1.32 bits per heavy atom. The lowest BCUT2D eigenvalue weighted by Crippen LogP contribution is -2.15. The van der Waals surface area contributed by atoms with Crippen LogP contribution in [0.25, 0.3) is 0 Å². The second kappa shape index (κ2) is 6.80. The Labute approximate surface area is 119 Å². The van der Waals surface area contributed by atoms with E-state index in [1.165, 1.54) is 32.1 Å². The SMILES string of the molecule is Nc1cc(Cl)ccc1NC(=O)CCC1CCCCC1. The predicted molar refractivity (Wildman–Crippen MR) is 80.3 cm³/mol. The Balaban J connectivity index is 1.80. The maximum atomic E-state index is 11.9. The number of rotatable bonds is 4. The summed E-state index contributed by atoms with van der Waals surface area (Å²) in [5, 5.41) is 3.44. The fraction of sp³-hybridized carbons (Fsp3) is 0.533. The van der Waals surface area contributed by atoms with Crippen molar-refractivity contribution in [1.29, 1.82) is 0 Å². The van der Waals surface area contributed by atoms with Crippen molar-refractivity contribution in [3.8, 4) is 0 Å². The van der Waals surface area contributed by atoms with Gasteiger partial charge in [0.15, 0.2) is 0 Å². The molecule has 1 aromatic rings. The number of carbonyl (C=O) groups excluding carboxylic acids is 1. The number of nitrogens with one attached hydrogen (secondary N) is 1. The first kappa shape index (κ1) is 14.2. The first-order valence-electron chi connectivity index (χ1n) is 7.00. The van der Waals surface area contributed by atoms with Gasteiger partial charge in [-0.2, -0.15) is 0 Å². The average Bonchev–Trinajstić information content (AvgIpc) is 2.41. The van der Waals surface area contributed by atoms with E-state index < -0.39 is 0 Å². The van der Waals surface area contributed by atoms with Crippen LogP contribution in [0.2, 0.25) is 5.02 Å². The summed E-state index contributed by atoms with van der Waals surface area (Å²) in [6, 6.07) is 5.13. The fourth-order valence-electron chi connectivity index (χ4n) is 2.67. The molecule has 1 aliphatic carbocycles. The molecule has 0 aromatic heterocycles. The van der Waals surface area contributed by atoms with Crippen molar-refractivity contribution in [1.82, 2.24) is 0 Å². The molecule has 1 aromatic carbocycles. The van der Waals surface area contributed by atoms with Crippen LogP contribution in [0.3, 0.4) is 0 Å². The van der Waals surface area contributed by atoms with Gasteiger partial charge in [-0.25, -0.2) is 0 Å². The van der Waals surface area contributed by atoms with Gasteiger partial charge in [-0.3, -0.25) is 4.79 Å². The summed E-state index contributed by atoms with van der Waals surface area (Å²) in [5.41, 5.74) is 6.97. The monoisotopic (exact) mass is 280 g/mol. The smallest absolute Gasteiger partial charge is 0.224 e. The van der Waals surface area contributed by atoms with Crippen LogP contribution in [0.1, 0.15) is 44.9 Å². The zero-order valence-electron chi connectivity index (χ0n) is 11.1. The Morgan fingerprint density at radius 3 is 2.74 bits per heavy atom. The molecule has 0 saturated heterocycles. The average molecular weight is 281 g/mol. The van der Waals surface area contributed by atoms with Crippen molar-refractivity contribution in [3.05, 3.63) is 23.2 Å². The molecule has 19 heavy (non-hydrogen) atoms. The molecule has 0 bridgehead atoms. The molecule has 0 radical (unpaired) electrons. The van der Waals surface area contributed by atoms with Gasteiger partial charge in [-0.15, -0.1) is 0 Å². The van der Waals surface area contributed by atoms with Crippen molar-refractivity contribution in [2.75, 3.05) is 11.1 Å². The van der Waals surface area contributed by atoms with E-state index in [9.17, 15) is 4.79 Å². The van der Waals surface area contributed by atoms with Gasteiger partial charge >= 0.3 is 0 Å². The molecular weight excluding hydrogens is 260 g/mol. The zero-order chi connectivity index (χ0) is 13.7. The van der Waals surface area contributed by atoms with Gasteiger partial charge < -0.3 is 11.1 Å². The van der Waals surface area contributed by atoms with Crippen molar-refractivity contribution in [2.24, 2.45) is 5.92 Å². The van der Waals surface area contributed by atoms with Crippen LogP contribution in [-0.4, -0.2) is 5.91 Å². The summed E-state index contributed by atoms with van der Waals surface area (Å²) in [6.07, 6.45) is 8.09. The molecule has 1 saturated carbocycles. The highest BCUT2D eigenvalue weighted by Crippen LogP contribution is 2.28. The lowest BCUT2D eigenvalue weighted by Gasteiger charge is -2.21. The van der Waals surface area contributed by atoms with Gasteiger partial charge in [0.1, 0.15) is 0 Å². The predicted octanol–water partition coefficient (Wildman–Crippen LogP) is 4.22. The van der Waals surface area contributed by atoms with Crippen molar-refractivity contribution in [2.45, 2.75) is 44.9 Å². The lowest BCUT2D eigenvalue weighted by molar-refractivity contribution is -0.116. The van der Waals surface area contributed by atoms with Gasteiger partial charge in [0, 0.05) is 11.4 Å². The topological polar surface area (TPSA) is 55.1 Å². The van der Waals surface area contributed by atoms with Crippen LogP contribution in [0.4, 0.5) is 11.4 Å². The van der Waals surface area contributed by atoms with Gasteiger partial charge in [0.2, 0.25) is 5.91 Å². The molecule has 1 aliphatic rings. The van der Waals surface area contributed by atoms with E-state index in [4.69, 9.17) is 17.3 Å². The molecule has 3 nitrogen and oxygen atoms in total. The van der Waals surface area contributed by atoms with Crippen LogP contribution in [0, 0.1) is 5.92 Å². The third-order valence-corrected chi connectivity index (χ3v) is 4.03. The summed E-state index contributed by atoms with van der Waals surface area (Å²) >= 11 is 5.82. The van der Waals surface area contributed by atoms with Crippen LogP contribution in [0.5, 0.6) is 0 Å². The van der Waals surface area contributed by atoms with Crippen molar-refractivity contribution >= 4 is 28.9 Å². The first-order valence-corrected chi connectivity index (χ1v) is 7.38.